The van der Waals surface area contributed by atoms with Crippen molar-refractivity contribution in [3.05, 3.63) is 52.5 Å². The van der Waals surface area contributed by atoms with Gasteiger partial charge in [0, 0.05) is 5.56 Å². The summed E-state index contributed by atoms with van der Waals surface area (Å²) in [6.07, 6.45) is 0. The number of aryl methyl sites for hydroxylation is 3. The van der Waals surface area contributed by atoms with Crippen LogP contribution in [0.4, 0.5) is 0 Å². The van der Waals surface area contributed by atoms with Crippen LogP contribution in [0.2, 0.25) is 0 Å². The Morgan fingerprint density at radius 1 is 1.26 bits per heavy atom. The van der Waals surface area contributed by atoms with Crippen LogP contribution in [-0.2, 0) is 6.61 Å². The third kappa shape index (κ3) is 2.96. The Balaban J connectivity index is 2.12. The van der Waals surface area contributed by atoms with Crippen LogP contribution in [0, 0.1) is 20.8 Å². The van der Waals surface area contributed by atoms with E-state index < -0.39 is 5.97 Å². The summed E-state index contributed by atoms with van der Waals surface area (Å²) in [6, 6.07) is 7.44. The first-order valence-corrected chi connectivity index (χ1v) is 6.00. The van der Waals surface area contributed by atoms with E-state index in [1.807, 2.05) is 32.0 Å². The fraction of sp³-hybridized carbons (Fsp3) is 0.267. The van der Waals surface area contributed by atoms with Crippen LogP contribution in [-0.4, -0.2) is 11.1 Å². The Bertz CT molecular complexity index is 611. The molecule has 0 aliphatic heterocycles. The normalized spacial score (nSPS) is 10.5. The lowest BCUT2D eigenvalue weighted by molar-refractivity contribution is 0.0661. The number of furan rings is 1. The monoisotopic (exact) mass is 260 g/mol. The number of aromatic carboxylic acids is 1. The summed E-state index contributed by atoms with van der Waals surface area (Å²) in [6.45, 7) is 6.03. The molecule has 0 spiro atoms. The van der Waals surface area contributed by atoms with Gasteiger partial charge in [-0.15, -0.1) is 0 Å². The van der Waals surface area contributed by atoms with Crippen LogP contribution in [0.5, 0.6) is 5.75 Å². The predicted molar refractivity (Wildman–Crippen MR) is 70.7 cm³/mol. The number of rotatable bonds is 4. The first-order chi connectivity index (χ1) is 8.97. The molecule has 0 saturated carbocycles. The molecule has 0 atom stereocenters. The molecule has 19 heavy (non-hydrogen) atoms. The lowest BCUT2D eigenvalue weighted by Gasteiger charge is -2.09. The fourth-order valence-electron chi connectivity index (χ4n) is 1.89. The molecule has 2 aromatic rings. The second kappa shape index (κ2) is 5.18. The van der Waals surface area contributed by atoms with Gasteiger partial charge in [-0.2, -0.15) is 0 Å². The summed E-state index contributed by atoms with van der Waals surface area (Å²) < 4.78 is 10.8. The molecule has 0 aliphatic rings. The van der Waals surface area contributed by atoms with E-state index in [2.05, 4.69) is 0 Å². The molecule has 4 heteroatoms. The van der Waals surface area contributed by atoms with Crippen LogP contribution >= 0.6 is 0 Å². The second-order valence-electron chi connectivity index (χ2n) is 4.55. The number of ether oxygens (including phenoxy) is 1. The molecule has 0 fully saturated rings. The fourth-order valence-corrected chi connectivity index (χ4v) is 1.89. The van der Waals surface area contributed by atoms with Crippen molar-refractivity contribution < 1.29 is 19.1 Å². The highest BCUT2D eigenvalue weighted by molar-refractivity contribution is 5.84. The van der Waals surface area contributed by atoms with Gasteiger partial charge in [0.1, 0.15) is 18.1 Å². The quantitative estimate of drug-likeness (QED) is 0.914. The van der Waals surface area contributed by atoms with E-state index in [1.54, 1.807) is 6.92 Å². The molecule has 1 aromatic heterocycles. The molecule has 1 heterocycles. The lowest BCUT2D eigenvalue weighted by atomic mass is 10.1. The van der Waals surface area contributed by atoms with Crippen molar-refractivity contribution in [2.75, 3.05) is 0 Å². The largest absolute Gasteiger partial charge is 0.489 e. The second-order valence-corrected chi connectivity index (χ2v) is 4.55. The Morgan fingerprint density at radius 2 is 2.00 bits per heavy atom. The Kier molecular flexibility index (Phi) is 3.60. The zero-order valence-corrected chi connectivity index (χ0v) is 11.2. The van der Waals surface area contributed by atoms with Gasteiger partial charge in [0.15, 0.2) is 0 Å². The van der Waals surface area contributed by atoms with Gasteiger partial charge in [-0.25, -0.2) is 4.79 Å². The number of hydrogen-bond donors (Lipinski definition) is 1. The van der Waals surface area contributed by atoms with Crippen LogP contribution in [0.1, 0.15) is 33.0 Å². The van der Waals surface area contributed by atoms with Gasteiger partial charge in [0.25, 0.3) is 0 Å². The maximum absolute atomic E-state index is 10.8. The topological polar surface area (TPSA) is 59.7 Å². The molecule has 0 unspecified atom stereocenters. The standard InChI is InChI=1S/C15H16O4/c1-9-4-5-13(10(2)6-9)18-8-12-7-14(15(16)17)19-11(12)3/h4-7H,8H2,1-3H3,(H,16,17). The number of carboxylic acids is 1. The third-order valence-electron chi connectivity index (χ3n) is 2.94. The molecule has 1 aromatic carbocycles. The predicted octanol–water partition coefficient (Wildman–Crippen LogP) is 3.48. The zero-order chi connectivity index (χ0) is 14.0. The first-order valence-electron chi connectivity index (χ1n) is 6.00. The highest BCUT2D eigenvalue weighted by Crippen LogP contribution is 2.22. The SMILES string of the molecule is Cc1ccc(OCc2cc(C(=O)O)oc2C)c(C)c1. The summed E-state index contributed by atoms with van der Waals surface area (Å²) in [4.78, 5) is 10.8. The van der Waals surface area contributed by atoms with Gasteiger partial charge in [0.05, 0.1) is 0 Å². The molecule has 2 rings (SSSR count). The van der Waals surface area contributed by atoms with Gasteiger partial charge < -0.3 is 14.3 Å². The van der Waals surface area contributed by atoms with Gasteiger partial charge in [0.2, 0.25) is 5.76 Å². The molecule has 1 N–H and O–H groups in total. The summed E-state index contributed by atoms with van der Waals surface area (Å²) >= 11 is 0. The number of benzene rings is 1. The molecule has 0 saturated heterocycles. The third-order valence-corrected chi connectivity index (χ3v) is 2.94. The van der Waals surface area contributed by atoms with E-state index >= 15 is 0 Å². The molecule has 4 nitrogen and oxygen atoms in total. The minimum atomic E-state index is -1.07. The van der Waals surface area contributed by atoms with E-state index in [0.29, 0.717) is 12.4 Å². The van der Waals surface area contributed by atoms with E-state index in [0.717, 1.165) is 16.9 Å². The van der Waals surface area contributed by atoms with Crippen LogP contribution in [0.25, 0.3) is 0 Å². The maximum atomic E-state index is 10.8. The number of carbonyl (C=O) groups is 1. The Morgan fingerprint density at radius 3 is 2.58 bits per heavy atom. The zero-order valence-electron chi connectivity index (χ0n) is 11.2. The van der Waals surface area contributed by atoms with Crippen molar-refractivity contribution in [1.82, 2.24) is 0 Å². The summed E-state index contributed by atoms with van der Waals surface area (Å²) in [5.41, 5.74) is 2.98. The summed E-state index contributed by atoms with van der Waals surface area (Å²) in [7, 11) is 0. The van der Waals surface area contributed by atoms with E-state index in [4.69, 9.17) is 14.3 Å². The molecule has 100 valence electrons. The first kappa shape index (κ1) is 13.2. The van der Waals surface area contributed by atoms with Crippen LogP contribution in [0.3, 0.4) is 0 Å². The minimum absolute atomic E-state index is 0.0586. The van der Waals surface area contributed by atoms with Crippen molar-refractivity contribution in [3.63, 3.8) is 0 Å². The number of hydrogen-bond acceptors (Lipinski definition) is 3. The lowest BCUT2D eigenvalue weighted by Crippen LogP contribution is -1.97. The van der Waals surface area contributed by atoms with E-state index in [1.165, 1.54) is 11.6 Å². The van der Waals surface area contributed by atoms with Gasteiger partial charge in [-0.05, 0) is 38.5 Å². The van der Waals surface area contributed by atoms with Crippen molar-refractivity contribution in [2.24, 2.45) is 0 Å². The van der Waals surface area contributed by atoms with Gasteiger partial charge in [-0.3, -0.25) is 0 Å². The van der Waals surface area contributed by atoms with Crippen molar-refractivity contribution in [1.29, 1.82) is 0 Å². The van der Waals surface area contributed by atoms with Crippen molar-refractivity contribution in [2.45, 2.75) is 27.4 Å². The molecule has 0 aliphatic carbocycles. The van der Waals surface area contributed by atoms with Crippen molar-refractivity contribution >= 4 is 5.97 Å². The van der Waals surface area contributed by atoms with Gasteiger partial charge >= 0.3 is 5.97 Å². The summed E-state index contributed by atoms with van der Waals surface area (Å²) in [5.74, 6) is 0.239. The molecule has 0 radical (unpaired) electrons. The highest BCUT2D eigenvalue weighted by Gasteiger charge is 2.13. The average molecular weight is 260 g/mol. The van der Waals surface area contributed by atoms with Crippen LogP contribution < -0.4 is 4.74 Å². The van der Waals surface area contributed by atoms with E-state index in [-0.39, 0.29) is 5.76 Å². The number of carboxylic acid groups (broad SMARTS) is 1. The smallest absolute Gasteiger partial charge is 0.371 e. The molecular formula is C15H16O4. The Labute approximate surface area is 111 Å². The molecular weight excluding hydrogens is 244 g/mol. The minimum Gasteiger partial charge on any atom is -0.489 e. The Hall–Kier alpha value is -2.23. The van der Waals surface area contributed by atoms with Crippen LogP contribution in [0.15, 0.2) is 28.7 Å². The van der Waals surface area contributed by atoms with E-state index in [9.17, 15) is 4.79 Å². The molecule has 0 bridgehead atoms. The average Bonchev–Trinajstić information content (AvgIpc) is 2.70. The molecule has 0 amide bonds. The highest BCUT2D eigenvalue weighted by atomic mass is 16.5. The maximum Gasteiger partial charge on any atom is 0.371 e. The van der Waals surface area contributed by atoms with Gasteiger partial charge in [-0.1, -0.05) is 17.7 Å². The van der Waals surface area contributed by atoms with Crippen molar-refractivity contribution in [3.8, 4) is 5.75 Å². The summed E-state index contributed by atoms with van der Waals surface area (Å²) in [5, 5.41) is 8.85.